The largest absolute Gasteiger partial charge is 0.381 e. The van der Waals surface area contributed by atoms with E-state index in [4.69, 9.17) is 11.6 Å². The maximum absolute atomic E-state index is 12.1. The first-order valence-electron chi connectivity index (χ1n) is 8.62. The van der Waals surface area contributed by atoms with Crippen LogP contribution in [-0.2, 0) is 17.8 Å². The standard InChI is InChI=1S/C21H18ClN3O3/c22-20-11-10-19(25(27)28)13-16(20)14-23-17-8-6-15(7-9-17)12-21(26)24-18-4-2-1-3-5-18/h1-11,13,23H,12,14H2,(H,24,26). The summed E-state index contributed by atoms with van der Waals surface area (Å²) in [5, 5.41) is 17.4. The van der Waals surface area contributed by atoms with E-state index in [9.17, 15) is 14.9 Å². The number of carbonyl (C=O) groups excluding carboxylic acids is 1. The minimum atomic E-state index is -0.449. The molecule has 0 fully saturated rings. The molecule has 0 aliphatic heterocycles. The zero-order chi connectivity index (χ0) is 19.9. The highest BCUT2D eigenvalue weighted by Crippen LogP contribution is 2.23. The van der Waals surface area contributed by atoms with Crippen LogP contribution in [0.1, 0.15) is 11.1 Å². The quantitative estimate of drug-likeness (QED) is 0.433. The summed E-state index contributed by atoms with van der Waals surface area (Å²) in [6, 6.07) is 21.1. The molecule has 0 heterocycles. The SMILES string of the molecule is O=C(Cc1ccc(NCc2cc([N+](=O)[O-])ccc2Cl)cc1)Nc1ccccc1. The van der Waals surface area contributed by atoms with Crippen LogP contribution in [0.15, 0.2) is 72.8 Å². The van der Waals surface area contributed by atoms with Gasteiger partial charge in [0.2, 0.25) is 5.91 Å². The summed E-state index contributed by atoms with van der Waals surface area (Å²) < 4.78 is 0. The summed E-state index contributed by atoms with van der Waals surface area (Å²) in [7, 11) is 0. The molecule has 0 unspecified atom stereocenters. The number of hydrogen-bond acceptors (Lipinski definition) is 4. The van der Waals surface area contributed by atoms with Crippen LogP contribution in [0.5, 0.6) is 0 Å². The Morgan fingerprint density at radius 2 is 1.68 bits per heavy atom. The van der Waals surface area contributed by atoms with Gasteiger partial charge in [0.15, 0.2) is 0 Å². The molecule has 0 saturated carbocycles. The highest BCUT2D eigenvalue weighted by atomic mass is 35.5. The van der Waals surface area contributed by atoms with E-state index in [1.54, 1.807) is 0 Å². The van der Waals surface area contributed by atoms with E-state index >= 15 is 0 Å². The molecule has 142 valence electrons. The highest BCUT2D eigenvalue weighted by molar-refractivity contribution is 6.31. The molecule has 3 aromatic rings. The number of carbonyl (C=O) groups is 1. The van der Waals surface area contributed by atoms with E-state index in [1.165, 1.54) is 18.2 Å². The number of benzene rings is 3. The number of halogens is 1. The molecule has 0 spiro atoms. The number of non-ortho nitro benzene ring substituents is 1. The van der Waals surface area contributed by atoms with Crippen molar-refractivity contribution < 1.29 is 9.72 Å². The molecule has 0 bridgehead atoms. The molecule has 1 amide bonds. The zero-order valence-electron chi connectivity index (χ0n) is 14.9. The molecule has 28 heavy (non-hydrogen) atoms. The maximum Gasteiger partial charge on any atom is 0.269 e. The minimum Gasteiger partial charge on any atom is -0.381 e. The maximum atomic E-state index is 12.1. The molecule has 6 nitrogen and oxygen atoms in total. The average Bonchev–Trinajstić information content (AvgIpc) is 2.69. The Bertz CT molecular complexity index is 976. The molecule has 0 radical (unpaired) electrons. The molecular formula is C21H18ClN3O3. The Morgan fingerprint density at radius 3 is 2.36 bits per heavy atom. The molecule has 7 heteroatoms. The summed E-state index contributed by atoms with van der Waals surface area (Å²) in [6.45, 7) is 0.356. The third kappa shape index (κ3) is 5.31. The predicted octanol–water partition coefficient (Wildman–Crippen LogP) is 5.04. The van der Waals surface area contributed by atoms with E-state index in [-0.39, 0.29) is 18.0 Å². The van der Waals surface area contributed by atoms with E-state index in [0.29, 0.717) is 17.1 Å². The second-order valence-electron chi connectivity index (χ2n) is 6.17. The van der Waals surface area contributed by atoms with Gasteiger partial charge in [-0.05, 0) is 41.5 Å². The highest BCUT2D eigenvalue weighted by Gasteiger charge is 2.10. The van der Waals surface area contributed by atoms with Gasteiger partial charge in [0.05, 0.1) is 11.3 Å². The molecular weight excluding hydrogens is 378 g/mol. The van der Waals surface area contributed by atoms with Gasteiger partial charge < -0.3 is 10.6 Å². The van der Waals surface area contributed by atoms with Gasteiger partial charge in [-0.25, -0.2) is 0 Å². The van der Waals surface area contributed by atoms with Crippen molar-refractivity contribution in [1.29, 1.82) is 0 Å². The van der Waals surface area contributed by atoms with Crippen LogP contribution in [-0.4, -0.2) is 10.8 Å². The first-order chi connectivity index (χ1) is 13.5. The van der Waals surface area contributed by atoms with Crippen LogP contribution in [0.3, 0.4) is 0 Å². The van der Waals surface area contributed by atoms with Crippen LogP contribution in [0.2, 0.25) is 5.02 Å². The molecule has 0 aliphatic carbocycles. The number of nitro benzene ring substituents is 1. The molecule has 0 saturated heterocycles. The number of hydrogen-bond donors (Lipinski definition) is 2. The van der Waals surface area contributed by atoms with Crippen LogP contribution in [0.4, 0.5) is 17.1 Å². The lowest BCUT2D eigenvalue weighted by molar-refractivity contribution is -0.384. The van der Waals surface area contributed by atoms with Crippen LogP contribution < -0.4 is 10.6 Å². The number of nitrogens with zero attached hydrogens (tertiary/aromatic N) is 1. The first kappa shape index (κ1) is 19.4. The molecule has 0 aliphatic rings. The lowest BCUT2D eigenvalue weighted by Crippen LogP contribution is -2.14. The second-order valence-corrected chi connectivity index (χ2v) is 6.58. The van der Waals surface area contributed by atoms with Crippen LogP contribution >= 0.6 is 11.6 Å². The van der Waals surface area contributed by atoms with E-state index < -0.39 is 4.92 Å². The summed E-state index contributed by atoms with van der Waals surface area (Å²) in [5.74, 6) is -0.0877. The van der Waals surface area contributed by atoms with Gasteiger partial charge >= 0.3 is 0 Å². The van der Waals surface area contributed by atoms with E-state index in [1.807, 2.05) is 54.6 Å². The first-order valence-corrected chi connectivity index (χ1v) is 8.99. The van der Waals surface area contributed by atoms with Gasteiger partial charge in [0.1, 0.15) is 0 Å². The predicted molar refractivity (Wildman–Crippen MR) is 111 cm³/mol. The molecule has 3 aromatic carbocycles. The second kappa shape index (κ2) is 9.01. The Labute approximate surface area is 167 Å². The Balaban J connectivity index is 1.57. The lowest BCUT2D eigenvalue weighted by atomic mass is 10.1. The normalized spacial score (nSPS) is 10.3. The molecule has 3 rings (SSSR count). The smallest absolute Gasteiger partial charge is 0.269 e. The van der Waals surface area contributed by atoms with Crippen molar-refractivity contribution in [2.24, 2.45) is 0 Å². The van der Waals surface area contributed by atoms with Crippen molar-refractivity contribution in [2.45, 2.75) is 13.0 Å². The average molecular weight is 396 g/mol. The van der Waals surface area contributed by atoms with Gasteiger partial charge in [-0.15, -0.1) is 0 Å². The summed E-state index contributed by atoms with van der Waals surface area (Å²) in [6.07, 6.45) is 0.270. The summed E-state index contributed by atoms with van der Waals surface area (Å²) in [5.41, 5.74) is 3.12. The molecule has 0 aromatic heterocycles. The third-order valence-corrected chi connectivity index (χ3v) is 4.47. The van der Waals surface area contributed by atoms with Gasteiger partial charge in [0.25, 0.3) is 5.69 Å². The van der Waals surface area contributed by atoms with Crippen molar-refractivity contribution in [3.63, 3.8) is 0 Å². The number of nitrogens with one attached hydrogen (secondary N) is 2. The zero-order valence-corrected chi connectivity index (χ0v) is 15.6. The minimum absolute atomic E-state index is 0.000904. The van der Waals surface area contributed by atoms with E-state index in [0.717, 1.165) is 16.9 Å². The fraction of sp³-hybridized carbons (Fsp3) is 0.0952. The number of nitro groups is 1. The van der Waals surface area contributed by atoms with Crippen molar-refractivity contribution in [3.8, 4) is 0 Å². The number of amides is 1. The Hall–Kier alpha value is -3.38. The number of rotatable bonds is 7. The topological polar surface area (TPSA) is 84.3 Å². The molecule has 2 N–H and O–H groups in total. The number of anilines is 2. The monoisotopic (exact) mass is 395 g/mol. The third-order valence-electron chi connectivity index (χ3n) is 4.10. The van der Waals surface area contributed by atoms with Crippen molar-refractivity contribution in [1.82, 2.24) is 0 Å². The van der Waals surface area contributed by atoms with Gasteiger partial charge in [0, 0.05) is 35.1 Å². The summed E-state index contributed by atoms with van der Waals surface area (Å²) >= 11 is 6.11. The molecule has 0 atom stereocenters. The summed E-state index contributed by atoms with van der Waals surface area (Å²) in [4.78, 5) is 22.5. The lowest BCUT2D eigenvalue weighted by Gasteiger charge is -2.09. The number of para-hydroxylation sites is 1. The van der Waals surface area contributed by atoms with Crippen molar-refractivity contribution >= 4 is 34.6 Å². The Kier molecular flexibility index (Phi) is 6.24. The van der Waals surface area contributed by atoms with E-state index in [2.05, 4.69) is 10.6 Å². The van der Waals surface area contributed by atoms with Crippen LogP contribution in [0, 0.1) is 10.1 Å². The van der Waals surface area contributed by atoms with Crippen molar-refractivity contribution in [2.75, 3.05) is 10.6 Å². The van der Waals surface area contributed by atoms with Crippen molar-refractivity contribution in [3.05, 3.63) is 99.1 Å². The van der Waals surface area contributed by atoms with Crippen LogP contribution in [0.25, 0.3) is 0 Å². The van der Waals surface area contributed by atoms with Gasteiger partial charge in [-0.1, -0.05) is 41.9 Å². The fourth-order valence-corrected chi connectivity index (χ4v) is 2.84. The van der Waals surface area contributed by atoms with Gasteiger partial charge in [-0.3, -0.25) is 14.9 Å². The fourth-order valence-electron chi connectivity index (χ4n) is 2.66. The Morgan fingerprint density at radius 1 is 0.964 bits per heavy atom. The van der Waals surface area contributed by atoms with Gasteiger partial charge in [-0.2, -0.15) is 0 Å².